The van der Waals surface area contributed by atoms with E-state index in [1.807, 2.05) is 45.0 Å². The van der Waals surface area contributed by atoms with E-state index in [0.29, 0.717) is 24.5 Å². The normalized spacial score (nSPS) is 16.3. The third-order valence-electron chi connectivity index (χ3n) is 6.12. The van der Waals surface area contributed by atoms with Gasteiger partial charge in [0.1, 0.15) is 11.7 Å². The van der Waals surface area contributed by atoms with Crippen LogP contribution in [0.15, 0.2) is 30.3 Å². The molecule has 0 aromatic heterocycles. The van der Waals surface area contributed by atoms with Gasteiger partial charge < -0.3 is 14.5 Å². The van der Waals surface area contributed by atoms with E-state index in [0.717, 1.165) is 59.4 Å². The number of carbonyl (C=O) groups is 1. The van der Waals surface area contributed by atoms with Crippen LogP contribution >= 0.6 is 11.6 Å². The van der Waals surface area contributed by atoms with Crippen LogP contribution in [0.2, 0.25) is 5.02 Å². The van der Waals surface area contributed by atoms with Crippen molar-refractivity contribution < 1.29 is 9.53 Å². The Bertz CT molecular complexity index is 1040. The lowest BCUT2D eigenvalue weighted by Gasteiger charge is -2.35. The van der Waals surface area contributed by atoms with Gasteiger partial charge in [-0.3, -0.25) is 0 Å². The largest absolute Gasteiger partial charge is 0.444 e. The fraction of sp³-hybridized carbons (Fsp3) is 0.462. The second kappa shape index (κ2) is 9.03. The third kappa shape index (κ3) is 4.71. The Balaban J connectivity index is 1.81. The zero-order valence-electron chi connectivity index (χ0n) is 19.1. The molecule has 2 aromatic rings. The van der Waals surface area contributed by atoms with Gasteiger partial charge in [0, 0.05) is 31.2 Å². The number of fused-ring (bicyclic) bond motifs is 1. The number of ether oxygens (including phenoxy) is 1. The summed E-state index contributed by atoms with van der Waals surface area (Å²) in [7, 11) is 0. The van der Waals surface area contributed by atoms with Crippen molar-refractivity contribution in [2.24, 2.45) is 0 Å². The number of benzene rings is 2. The van der Waals surface area contributed by atoms with Crippen LogP contribution in [-0.2, 0) is 17.7 Å². The molecule has 2 heterocycles. The smallest absolute Gasteiger partial charge is 0.410 e. The zero-order chi connectivity index (χ0) is 22.9. The molecule has 32 heavy (non-hydrogen) atoms. The number of rotatable bonds is 2. The molecule has 0 radical (unpaired) electrons. The van der Waals surface area contributed by atoms with Crippen molar-refractivity contribution in [2.45, 2.75) is 58.6 Å². The Hall–Kier alpha value is -2.71. The number of halogens is 1. The zero-order valence-corrected chi connectivity index (χ0v) is 19.8. The standard InChI is InChI=1S/C26H30ClN3O2/c1-26(2,3)32-25(31)30-14-11-20-22(16-28)24(29-12-5-4-6-13-29)15-21(23(20)17-30)18-7-9-19(27)10-8-18/h7-10,15H,4-6,11-14,17H2,1-3H3. The molecule has 0 unspecified atom stereocenters. The van der Waals surface area contributed by atoms with Crippen LogP contribution in [-0.4, -0.2) is 36.2 Å². The summed E-state index contributed by atoms with van der Waals surface area (Å²) in [5.41, 5.74) is 5.41. The molecule has 2 aromatic carbocycles. The van der Waals surface area contributed by atoms with E-state index in [2.05, 4.69) is 17.0 Å². The van der Waals surface area contributed by atoms with Gasteiger partial charge >= 0.3 is 6.09 Å². The lowest BCUT2D eigenvalue weighted by atomic mass is 9.86. The van der Waals surface area contributed by atoms with Gasteiger partial charge in [-0.25, -0.2) is 4.79 Å². The number of amides is 1. The molecule has 0 atom stereocenters. The van der Waals surface area contributed by atoms with E-state index in [1.54, 1.807) is 4.90 Å². The molecule has 0 saturated carbocycles. The van der Waals surface area contributed by atoms with Crippen LogP contribution in [0, 0.1) is 11.3 Å². The van der Waals surface area contributed by atoms with Crippen LogP contribution in [0.5, 0.6) is 0 Å². The molecule has 0 N–H and O–H groups in total. The molecule has 0 bridgehead atoms. The molecular formula is C26H30ClN3O2. The van der Waals surface area contributed by atoms with Gasteiger partial charge in [-0.2, -0.15) is 5.26 Å². The molecule has 1 amide bonds. The average Bonchev–Trinajstić information content (AvgIpc) is 2.77. The number of nitriles is 1. The molecule has 5 nitrogen and oxygen atoms in total. The van der Waals surface area contributed by atoms with Gasteiger partial charge in [-0.05, 0) is 86.9 Å². The van der Waals surface area contributed by atoms with E-state index in [-0.39, 0.29) is 6.09 Å². The van der Waals surface area contributed by atoms with Crippen molar-refractivity contribution in [3.05, 3.63) is 52.0 Å². The Kier molecular flexibility index (Phi) is 6.35. The maximum absolute atomic E-state index is 12.8. The predicted molar refractivity (Wildman–Crippen MR) is 128 cm³/mol. The summed E-state index contributed by atoms with van der Waals surface area (Å²) in [6.45, 7) is 8.54. The number of anilines is 1. The summed E-state index contributed by atoms with van der Waals surface area (Å²) >= 11 is 6.15. The van der Waals surface area contributed by atoms with E-state index in [9.17, 15) is 10.1 Å². The fourth-order valence-corrected chi connectivity index (χ4v) is 4.74. The average molecular weight is 452 g/mol. The van der Waals surface area contributed by atoms with Gasteiger partial charge in [0.05, 0.1) is 11.3 Å². The Morgan fingerprint density at radius 1 is 1.06 bits per heavy atom. The summed E-state index contributed by atoms with van der Waals surface area (Å²) in [5.74, 6) is 0. The van der Waals surface area contributed by atoms with Crippen LogP contribution < -0.4 is 4.90 Å². The summed E-state index contributed by atoms with van der Waals surface area (Å²) < 4.78 is 5.63. The third-order valence-corrected chi connectivity index (χ3v) is 6.38. The van der Waals surface area contributed by atoms with Gasteiger partial charge in [-0.15, -0.1) is 0 Å². The molecule has 6 heteroatoms. The molecule has 2 aliphatic rings. The lowest BCUT2D eigenvalue weighted by Crippen LogP contribution is -2.40. The van der Waals surface area contributed by atoms with E-state index >= 15 is 0 Å². The molecule has 2 aliphatic heterocycles. The predicted octanol–water partition coefficient (Wildman–Crippen LogP) is 6.16. The topological polar surface area (TPSA) is 56.6 Å². The van der Waals surface area contributed by atoms with Crippen LogP contribution in [0.4, 0.5) is 10.5 Å². The van der Waals surface area contributed by atoms with Crippen molar-refractivity contribution in [1.82, 2.24) is 4.90 Å². The molecule has 4 rings (SSSR count). The van der Waals surface area contributed by atoms with Crippen molar-refractivity contribution in [3.63, 3.8) is 0 Å². The summed E-state index contributed by atoms with van der Waals surface area (Å²) in [6, 6.07) is 12.4. The summed E-state index contributed by atoms with van der Waals surface area (Å²) in [6.07, 6.45) is 3.84. The first-order valence-corrected chi connectivity index (χ1v) is 11.7. The Morgan fingerprint density at radius 2 is 1.75 bits per heavy atom. The van der Waals surface area contributed by atoms with E-state index < -0.39 is 5.60 Å². The molecule has 0 spiro atoms. The molecular weight excluding hydrogens is 422 g/mol. The minimum Gasteiger partial charge on any atom is -0.444 e. The monoisotopic (exact) mass is 451 g/mol. The summed E-state index contributed by atoms with van der Waals surface area (Å²) in [5, 5.41) is 10.8. The highest BCUT2D eigenvalue weighted by Gasteiger charge is 2.31. The number of carbonyl (C=O) groups excluding carboxylic acids is 1. The SMILES string of the molecule is CC(C)(C)OC(=O)N1CCc2c(C#N)c(N3CCCCC3)cc(-c3ccc(Cl)cc3)c2C1. The molecule has 1 fully saturated rings. The maximum atomic E-state index is 12.8. The van der Waals surface area contributed by atoms with Gasteiger partial charge in [0.2, 0.25) is 0 Å². The second-order valence-corrected chi connectivity index (χ2v) is 10.0. The van der Waals surface area contributed by atoms with E-state index in [1.165, 1.54) is 6.42 Å². The number of hydrogen-bond donors (Lipinski definition) is 0. The van der Waals surface area contributed by atoms with Crippen molar-refractivity contribution in [1.29, 1.82) is 5.26 Å². The minimum absolute atomic E-state index is 0.316. The van der Waals surface area contributed by atoms with Crippen molar-refractivity contribution in [3.8, 4) is 17.2 Å². The Morgan fingerprint density at radius 3 is 2.38 bits per heavy atom. The fourth-order valence-electron chi connectivity index (χ4n) is 4.62. The van der Waals surface area contributed by atoms with Gasteiger partial charge in [0.15, 0.2) is 0 Å². The van der Waals surface area contributed by atoms with Crippen LogP contribution in [0.1, 0.15) is 56.7 Å². The number of hydrogen-bond acceptors (Lipinski definition) is 4. The number of nitrogens with zero attached hydrogens (tertiary/aromatic N) is 3. The van der Waals surface area contributed by atoms with Crippen molar-refractivity contribution in [2.75, 3.05) is 24.5 Å². The van der Waals surface area contributed by atoms with Gasteiger partial charge in [-0.1, -0.05) is 23.7 Å². The summed E-state index contributed by atoms with van der Waals surface area (Å²) in [4.78, 5) is 16.9. The quantitative estimate of drug-likeness (QED) is 0.548. The van der Waals surface area contributed by atoms with Crippen LogP contribution in [0.3, 0.4) is 0 Å². The first-order valence-electron chi connectivity index (χ1n) is 11.3. The van der Waals surface area contributed by atoms with Crippen LogP contribution in [0.25, 0.3) is 11.1 Å². The first-order chi connectivity index (χ1) is 15.3. The molecule has 1 saturated heterocycles. The highest BCUT2D eigenvalue weighted by Crippen LogP contribution is 2.39. The minimum atomic E-state index is -0.549. The lowest BCUT2D eigenvalue weighted by molar-refractivity contribution is 0.0224. The molecule has 168 valence electrons. The highest BCUT2D eigenvalue weighted by atomic mass is 35.5. The van der Waals surface area contributed by atoms with Gasteiger partial charge in [0.25, 0.3) is 0 Å². The van der Waals surface area contributed by atoms with Crippen molar-refractivity contribution >= 4 is 23.4 Å². The maximum Gasteiger partial charge on any atom is 0.410 e. The number of piperidine rings is 1. The van der Waals surface area contributed by atoms with E-state index in [4.69, 9.17) is 16.3 Å². The Labute approximate surface area is 195 Å². The highest BCUT2D eigenvalue weighted by molar-refractivity contribution is 6.30. The second-order valence-electron chi connectivity index (χ2n) is 9.59. The first kappa shape index (κ1) is 22.5. The molecule has 0 aliphatic carbocycles.